The topological polar surface area (TPSA) is 58.4 Å². The summed E-state index contributed by atoms with van der Waals surface area (Å²) < 4.78 is 0.527. The van der Waals surface area contributed by atoms with E-state index < -0.39 is 0 Å². The molecule has 0 aliphatic carbocycles. The van der Waals surface area contributed by atoms with Crippen molar-refractivity contribution in [3.63, 3.8) is 0 Å². The van der Waals surface area contributed by atoms with Gasteiger partial charge in [-0.2, -0.15) is 0 Å². The molecule has 5 nitrogen and oxygen atoms in total. The van der Waals surface area contributed by atoms with Crippen molar-refractivity contribution < 1.29 is 4.92 Å². The van der Waals surface area contributed by atoms with Crippen LogP contribution in [0.2, 0.25) is 0 Å². The first-order valence-electron chi connectivity index (χ1n) is 6.38. The number of nitrogens with zero attached hydrogens (tertiary/aromatic N) is 2. The van der Waals surface area contributed by atoms with Crippen LogP contribution in [-0.4, -0.2) is 36.5 Å². The second kappa shape index (κ2) is 6.45. The van der Waals surface area contributed by atoms with Crippen molar-refractivity contribution in [2.75, 3.05) is 26.7 Å². The van der Waals surface area contributed by atoms with Gasteiger partial charge in [0.25, 0.3) is 5.69 Å². The maximum atomic E-state index is 10.8. The average molecular weight is 328 g/mol. The van der Waals surface area contributed by atoms with Crippen LogP contribution >= 0.6 is 15.9 Å². The molecule has 0 bridgehead atoms. The zero-order valence-electron chi connectivity index (χ0n) is 10.9. The number of benzene rings is 1. The van der Waals surface area contributed by atoms with E-state index in [1.807, 2.05) is 6.07 Å². The Labute approximate surface area is 121 Å². The molecule has 1 saturated heterocycles. The number of nitro groups is 1. The molecule has 6 heteroatoms. The number of nitrogens with one attached hydrogen (secondary N) is 1. The Morgan fingerprint density at radius 3 is 3.00 bits per heavy atom. The molecular weight excluding hydrogens is 310 g/mol. The van der Waals surface area contributed by atoms with Gasteiger partial charge in [0.05, 0.1) is 9.40 Å². The molecule has 1 N–H and O–H groups in total. The number of rotatable bonds is 5. The molecule has 0 amide bonds. The van der Waals surface area contributed by atoms with Crippen LogP contribution in [0, 0.1) is 16.0 Å². The molecule has 1 aromatic rings. The molecule has 19 heavy (non-hydrogen) atoms. The summed E-state index contributed by atoms with van der Waals surface area (Å²) in [6.07, 6.45) is 1.23. The van der Waals surface area contributed by atoms with Crippen LogP contribution in [0.25, 0.3) is 0 Å². The standard InChI is InChI=1S/C13H18BrN3O2/c1-16-5-4-11(9-16)8-15-7-10-2-3-12(14)13(6-10)17(18)19/h2-3,6,11,15H,4-5,7-9H2,1H3. The second-order valence-corrected chi connectivity index (χ2v) is 5.95. The van der Waals surface area contributed by atoms with Crippen molar-refractivity contribution in [1.29, 1.82) is 0 Å². The van der Waals surface area contributed by atoms with E-state index in [-0.39, 0.29) is 10.6 Å². The number of likely N-dealkylation sites (tertiary alicyclic amines) is 1. The largest absolute Gasteiger partial charge is 0.312 e. The predicted molar refractivity (Wildman–Crippen MR) is 78.1 cm³/mol. The third kappa shape index (κ3) is 3.99. The number of hydrogen-bond acceptors (Lipinski definition) is 4. The lowest BCUT2D eigenvalue weighted by Gasteiger charge is -2.11. The molecule has 0 saturated carbocycles. The van der Waals surface area contributed by atoms with Gasteiger partial charge in [0, 0.05) is 19.2 Å². The molecule has 0 spiro atoms. The highest BCUT2D eigenvalue weighted by Gasteiger charge is 2.18. The normalized spacial score (nSPS) is 19.8. The van der Waals surface area contributed by atoms with Gasteiger partial charge in [0.1, 0.15) is 0 Å². The Kier molecular flexibility index (Phi) is 4.90. The van der Waals surface area contributed by atoms with Gasteiger partial charge in [-0.25, -0.2) is 0 Å². The zero-order valence-corrected chi connectivity index (χ0v) is 12.5. The van der Waals surface area contributed by atoms with Gasteiger partial charge in [-0.05, 0) is 60.0 Å². The number of hydrogen-bond donors (Lipinski definition) is 1. The third-order valence-electron chi connectivity index (χ3n) is 3.46. The Morgan fingerprint density at radius 2 is 2.37 bits per heavy atom. The summed E-state index contributed by atoms with van der Waals surface area (Å²) in [5.41, 5.74) is 1.07. The van der Waals surface area contributed by atoms with Gasteiger partial charge in [-0.15, -0.1) is 0 Å². The number of nitro benzene ring substituents is 1. The van der Waals surface area contributed by atoms with E-state index in [1.54, 1.807) is 12.1 Å². The fraction of sp³-hybridized carbons (Fsp3) is 0.538. The average Bonchev–Trinajstić information content (AvgIpc) is 2.77. The summed E-state index contributed by atoms with van der Waals surface area (Å²) >= 11 is 3.19. The molecule has 0 aromatic heterocycles. The van der Waals surface area contributed by atoms with Crippen molar-refractivity contribution in [1.82, 2.24) is 10.2 Å². The summed E-state index contributed by atoms with van der Waals surface area (Å²) in [6.45, 7) is 3.94. The van der Waals surface area contributed by atoms with Gasteiger partial charge in [0.2, 0.25) is 0 Å². The highest BCUT2D eigenvalue weighted by molar-refractivity contribution is 9.10. The van der Waals surface area contributed by atoms with Gasteiger partial charge in [0.15, 0.2) is 0 Å². The van der Waals surface area contributed by atoms with E-state index in [0.29, 0.717) is 16.9 Å². The lowest BCUT2D eigenvalue weighted by molar-refractivity contribution is -0.385. The molecule has 1 atom stereocenters. The Morgan fingerprint density at radius 1 is 1.58 bits per heavy atom. The lowest BCUT2D eigenvalue weighted by atomic mass is 10.1. The minimum Gasteiger partial charge on any atom is -0.312 e. The van der Waals surface area contributed by atoms with Crippen LogP contribution < -0.4 is 5.32 Å². The summed E-state index contributed by atoms with van der Waals surface area (Å²) in [4.78, 5) is 12.8. The Hall–Kier alpha value is -0.980. The summed E-state index contributed by atoms with van der Waals surface area (Å²) in [5, 5.41) is 14.2. The summed E-state index contributed by atoms with van der Waals surface area (Å²) in [5.74, 6) is 0.690. The SMILES string of the molecule is CN1CCC(CNCc2ccc(Br)c([N+](=O)[O-])c2)C1. The van der Waals surface area contributed by atoms with E-state index in [4.69, 9.17) is 0 Å². The molecular formula is C13H18BrN3O2. The molecule has 104 valence electrons. The summed E-state index contributed by atoms with van der Waals surface area (Å²) in [6, 6.07) is 5.27. The van der Waals surface area contributed by atoms with Crippen molar-refractivity contribution >= 4 is 21.6 Å². The van der Waals surface area contributed by atoms with E-state index in [0.717, 1.165) is 25.2 Å². The molecule has 0 radical (unpaired) electrons. The van der Waals surface area contributed by atoms with Crippen LogP contribution in [0.1, 0.15) is 12.0 Å². The molecule has 1 unspecified atom stereocenters. The van der Waals surface area contributed by atoms with E-state index in [1.165, 1.54) is 6.42 Å². The fourth-order valence-corrected chi connectivity index (χ4v) is 2.81. The van der Waals surface area contributed by atoms with Crippen molar-refractivity contribution in [2.45, 2.75) is 13.0 Å². The maximum Gasteiger partial charge on any atom is 0.283 e. The first-order valence-corrected chi connectivity index (χ1v) is 7.17. The van der Waals surface area contributed by atoms with Gasteiger partial charge in [-0.3, -0.25) is 10.1 Å². The maximum absolute atomic E-state index is 10.8. The van der Waals surface area contributed by atoms with Gasteiger partial charge >= 0.3 is 0 Å². The van der Waals surface area contributed by atoms with Gasteiger partial charge in [-0.1, -0.05) is 6.07 Å². The molecule has 1 aliphatic rings. The summed E-state index contributed by atoms with van der Waals surface area (Å²) in [7, 11) is 2.14. The lowest BCUT2D eigenvalue weighted by Crippen LogP contribution is -2.24. The van der Waals surface area contributed by atoms with E-state index in [2.05, 4.69) is 33.2 Å². The van der Waals surface area contributed by atoms with Crippen LogP contribution in [0.4, 0.5) is 5.69 Å². The quantitative estimate of drug-likeness (QED) is 0.666. The molecule has 1 aromatic carbocycles. The first kappa shape index (κ1) is 14.4. The van der Waals surface area contributed by atoms with Crippen LogP contribution in [0.3, 0.4) is 0 Å². The highest BCUT2D eigenvalue weighted by Crippen LogP contribution is 2.25. The minimum atomic E-state index is -0.362. The molecule has 1 heterocycles. The van der Waals surface area contributed by atoms with E-state index in [9.17, 15) is 10.1 Å². The predicted octanol–water partition coefficient (Wildman–Crippen LogP) is 2.40. The minimum absolute atomic E-state index is 0.125. The third-order valence-corrected chi connectivity index (χ3v) is 4.13. The zero-order chi connectivity index (χ0) is 13.8. The molecule has 1 aliphatic heterocycles. The molecule has 2 rings (SSSR count). The number of halogens is 1. The Bertz CT molecular complexity index is 467. The first-order chi connectivity index (χ1) is 9.06. The second-order valence-electron chi connectivity index (χ2n) is 5.09. The van der Waals surface area contributed by atoms with Crippen LogP contribution in [-0.2, 0) is 6.54 Å². The van der Waals surface area contributed by atoms with E-state index >= 15 is 0 Å². The van der Waals surface area contributed by atoms with Crippen molar-refractivity contribution in [2.24, 2.45) is 5.92 Å². The van der Waals surface area contributed by atoms with Gasteiger partial charge < -0.3 is 10.2 Å². The van der Waals surface area contributed by atoms with Crippen molar-refractivity contribution in [3.05, 3.63) is 38.3 Å². The molecule has 1 fully saturated rings. The monoisotopic (exact) mass is 327 g/mol. The Balaban J connectivity index is 1.86. The van der Waals surface area contributed by atoms with Crippen LogP contribution in [0.15, 0.2) is 22.7 Å². The smallest absolute Gasteiger partial charge is 0.283 e. The fourth-order valence-electron chi connectivity index (χ4n) is 2.42. The van der Waals surface area contributed by atoms with Crippen molar-refractivity contribution in [3.8, 4) is 0 Å². The highest BCUT2D eigenvalue weighted by atomic mass is 79.9. The van der Waals surface area contributed by atoms with Crippen LogP contribution in [0.5, 0.6) is 0 Å².